The molecule has 0 radical (unpaired) electrons. The highest BCUT2D eigenvalue weighted by Gasteiger charge is 2.17. The number of amides is 2. The highest BCUT2D eigenvalue weighted by Crippen LogP contribution is 2.40. The van der Waals surface area contributed by atoms with E-state index in [0.717, 1.165) is 21.2 Å². The van der Waals surface area contributed by atoms with Gasteiger partial charge in [-0.3, -0.25) is 20.0 Å². The summed E-state index contributed by atoms with van der Waals surface area (Å²) in [4.78, 5) is 28.2. The van der Waals surface area contributed by atoms with Crippen LogP contribution in [0.4, 0.5) is 5.69 Å². The number of rotatable bonds is 2. The Morgan fingerprint density at radius 1 is 1.25 bits per heavy atom. The van der Waals surface area contributed by atoms with E-state index in [1.165, 1.54) is 0 Å². The Balaban J connectivity index is 2.19. The van der Waals surface area contributed by atoms with E-state index in [9.17, 15) is 9.59 Å². The number of hydrogen-bond acceptors (Lipinski definition) is 5. The number of allylic oxidation sites excluding steroid dienone is 2. The summed E-state index contributed by atoms with van der Waals surface area (Å²) >= 11 is 1.55. The van der Waals surface area contributed by atoms with Crippen LogP contribution in [0.1, 0.15) is 13.8 Å². The van der Waals surface area contributed by atoms with E-state index in [4.69, 9.17) is 5.73 Å². The summed E-state index contributed by atoms with van der Waals surface area (Å²) in [7, 11) is 0. The monoisotopic (exact) mass is 290 g/mol. The van der Waals surface area contributed by atoms with Crippen LogP contribution in [0.25, 0.3) is 0 Å². The molecule has 6 nitrogen and oxygen atoms in total. The number of hydrazine groups is 1. The van der Waals surface area contributed by atoms with E-state index < -0.39 is 11.8 Å². The number of benzene rings is 1. The molecule has 104 valence electrons. The fraction of sp³-hybridized carbons (Fsp3) is 0.154. The average Bonchev–Trinajstić information content (AvgIpc) is 2.43. The predicted octanol–water partition coefficient (Wildman–Crippen LogP) is 1.22. The maximum Gasteiger partial charge on any atom is 0.327 e. The normalized spacial score (nSPS) is 15.8. The molecule has 1 aromatic carbocycles. The standard InChI is InChI=1S/C13H14N4O2S/c1-7-11(8(2)16-17-13(19)12(14)18)20-10-6-4-3-5-9(10)15-7/h3-6,16H,1-2H3,(H2,14,18)(H,17,19)/b11-8+. The summed E-state index contributed by atoms with van der Waals surface area (Å²) < 4.78 is 0. The number of para-hydroxylation sites is 1. The molecule has 0 spiro atoms. The second-order valence-corrected chi connectivity index (χ2v) is 5.22. The Morgan fingerprint density at radius 2 is 1.95 bits per heavy atom. The average molecular weight is 290 g/mol. The fourth-order valence-electron chi connectivity index (χ4n) is 1.67. The van der Waals surface area contributed by atoms with E-state index >= 15 is 0 Å². The molecule has 0 bridgehead atoms. The fourth-order valence-corrected chi connectivity index (χ4v) is 2.65. The number of primary amides is 1. The van der Waals surface area contributed by atoms with Crippen molar-refractivity contribution in [3.63, 3.8) is 0 Å². The van der Waals surface area contributed by atoms with Crippen molar-refractivity contribution in [2.75, 3.05) is 0 Å². The third-order valence-electron chi connectivity index (χ3n) is 2.62. The van der Waals surface area contributed by atoms with Gasteiger partial charge in [0.1, 0.15) is 0 Å². The molecule has 0 aliphatic carbocycles. The number of hydrogen-bond donors (Lipinski definition) is 3. The first-order valence-electron chi connectivity index (χ1n) is 5.88. The van der Waals surface area contributed by atoms with Gasteiger partial charge < -0.3 is 11.2 Å². The largest absolute Gasteiger partial charge is 0.361 e. The molecule has 2 amide bonds. The lowest BCUT2D eigenvalue weighted by molar-refractivity contribution is -0.137. The van der Waals surface area contributed by atoms with E-state index in [1.54, 1.807) is 18.7 Å². The highest BCUT2D eigenvalue weighted by atomic mass is 32.2. The first kappa shape index (κ1) is 14.1. The minimum atomic E-state index is -1.04. The van der Waals surface area contributed by atoms with E-state index in [1.807, 2.05) is 31.2 Å². The van der Waals surface area contributed by atoms with Crippen LogP contribution in [0.15, 0.2) is 44.8 Å². The van der Waals surface area contributed by atoms with Crippen LogP contribution >= 0.6 is 11.8 Å². The van der Waals surface area contributed by atoms with Gasteiger partial charge in [-0.2, -0.15) is 0 Å². The third-order valence-corrected chi connectivity index (χ3v) is 3.99. The lowest BCUT2D eigenvalue weighted by Crippen LogP contribution is -2.43. The molecule has 0 aromatic heterocycles. The molecular formula is C13H14N4O2S. The first-order chi connectivity index (χ1) is 9.49. The Morgan fingerprint density at radius 3 is 2.65 bits per heavy atom. The van der Waals surface area contributed by atoms with Gasteiger partial charge in [0.05, 0.1) is 16.3 Å². The number of nitrogens with two attached hydrogens (primary N) is 1. The smallest absolute Gasteiger partial charge is 0.327 e. The highest BCUT2D eigenvalue weighted by molar-refractivity contribution is 8.04. The Hall–Kier alpha value is -2.28. The summed E-state index contributed by atoms with van der Waals surface area (Å²) in [5.74, 6) is -1.93. The van der Waals surface area contributed by atoms with Crippen molar-refractivity contribution < 1.29 is 9.59 Å². The van der Waals surface area contributed by atoms with Crippen LogP contribution in [-0.4, -0.2) is 17.5 Å². The summed E-state index contributed by atoms with van der Waals surface area (Å²) in [6.07, 6.45) is 0. The van der Waals surface area contributed by atoms with Crippen molar-refractivity contribution in [2.24, 2.45) is 10.7 Å². The van der Waals surface area contributed by atoms with Crippen molar-refractivity contribution in [1.29, 1.82) is 0 Å². The topological polar surface area (TPSA) is 96.6 Å². The van der Waals surface area contributed by atoms with Crippen LogP contribution in [-0.2, 0) is 9.59 Å². The number of nitrogens with zero attached hydrogens (tertiary/aromatic N) is 1. The SMILES string of the molecule is CC1=Nc2ccccc2S/C1=C(\C)NNC(=O)C(N)=O. The quantitative estimate of drug-likeness (QED) is 0.563. The second kappa shape index (κ2) is 5.79. The number of carbonyl (C=O) groups is 2. The van der Waals surface area contributed by atoms with Gasteiger partial charge in [0, 0.05) is 10.6 Å². The van der Waals surface area contributed by atoms with Crippen LogP contribution in [0.3, 0.4) is 0 Å². The van der Waals surface area contributed by atoms with Crippen molar-refractivity contribution in [3.05, 3.63) is 34.9 Å². The molecule has 1 aliphatic rings. The summed E-state index contributed by atoms with van der Waals surface area (Å²) in [5.41, 5.74) is 12.2. The first-order valence-corrected chi connectivity index (χ1v) is 6.70. The number of aliphatic imine (C=N–C) groups is 1. The van der Waals surface area contributed by atoms with E-state index in [-0.39, 0.29) is 0 Å². The molecule has 0 saturated heterocycles. The molecule has 0 unspecified atom stereocenters. The Kier molecular flexibility index (Phi) is 4.09. The number of fused-ring (bicyclic) bond motifs is 1. The molecule has 0 fully saturated rings. The maximum absolute atomic E-state index is 11.1. The minimum Gasteiger partial charge on any atom is -0.361 e. The van der Waals surface area contributed by atoms with Crippen molar-refractivity contribution in [2.45, 2.75) is 18.7 Å². The van der Waals surface area contributed by atoms with Crippen LogP contribution < -0.4 is 16.6 Å². The van der Waals surface area contributed by atoms with Gasteiger partial charge in [0.25, 0.3) is 0 Å². The van der Waals surface area contributed by atoms with Crippen molar-refractivity contribution >= 4 is 35.0 Å². The molecule has 20 heavy (non-hydrogen) atoms. The predicted molar refractivity (Wildman–Crippen MR) is 78.2 cm³/mol. The van der Waals surface area contributed by atoms with Crippen LogP contribution in [0.2, 0.25) is 0 Å². The minimum absolute atomic E-state index is 0.695. The van der Waals surface area contributed by atoms with Crippen LogP contribution in [0.5, 0.6) is 0 Å². The van der Waals surface area contributed by atoms with Gasteiger partial charge in [0.2, 0.25) is 0 Å². The molecular weight excluding hydrogens is 276 g/mol. The number of thioether (sulfide) groups is 1. The van der Waals surface area contributed by atoms with Gasteiger partial charge in [-0.25, -0.2) is 0 Å². The zero-order valence-electron chi connectivity index (χ0n) is 11.1. The van der Waals surface area contributed by atoms with Crippen molar-refractivity contribution in [3.8, 4) is 0 Å². The number of carbonyl (C=O) groups excluding carboxylic acids is 2. The summed E-state index contributed by atoms with van der Waals surface area (Å²) in [6.45, 7) is 3.68. The van der Waals surface area contributed by atoms with Gasteiger partial charge in [-0.05, 0) is 26.0 Å². The van der Waals surface area contributed by atoms with Gasteiger partial charge >= 0.3 is 11.8 Å². The Labute approximate surface area is 120 Å². The molecule has 1 heterocycles. The molecule has 0 atom stereocenters. The molecule has 7 heteroatoms. The third kappa shape index (κ3) is 3.00. The second-order valence-electron chi connectivity index (χ2n) is 4.16. The molecule has 4 N–H and O–H groups in total. The van der Waals surface area contributed by atoms with Crippen molar-refractivity contribution in [1.82, 2.24) is 10.9 Å². The lowest BCUT2D eigenvalue weighted by atomic mass is 10.3. The van der Waals surface area contributed by atoms with Crippen LogP contribution in [0, 0.1) is 0 Å². The van der Waals surface area contributed by atoms with Gasteiger partial charge in [-0.1, -0.05) is 23.9 Å². The summed E-state index contributed by atoms with van der Waals surface area (Å²) in [6, 6.07) is 7.80. The maximum atomic E-state index is 11.1. The zero-order valence-corrected chi connectivity index (χ0v) is 11.9. The van der Waals surface area contributed by atoms with Gasteiger partial charge in [-0.15, -0.1) is 0 Å². The molecule has 1 aromatic rings. The van der Waals surface area contributed by atoms with E-state index in [0.29, 0.717) is 5.70 Å². The molecule has 0 saturated carbocycles. The zero-order chi connectivity index (χ0) is 14.7. The lowest BCUT2D eigenvalue weighted by Gasteiger charge is -2.19. The Bertz CT molecular complexity index is 637. The molecule has 2 rings (SSSR count). The van der Waals surface area contributed by atoms with Gasteiger partial charge in [0.15, 0.2) is 0 Å². The van der Waals surface area contributed by atoms with E-state index in [2.05, 4.69) is 15.8 Å². The summed E-state index contributed by atoms with van der Waals surface area (Å²) in [5, 5.41) is 0. The molecule has 1 aliphatic heterocycles. The number of nitrogens with one attached hydrogen (secondary N) is 2.